The van der Waals surface area contributed by atoms with Gasteiger partial charge in [-0.1, -0.05) is 20.8 Å². The number of nitro benzene ring substituents is 1. The summed E-state index contributed by atoms with van der Waals surface area (Å²) < 4.78 is 0.415. The molecule has 1 heterocycles. The van der Waals surface area contributed by atoms with E-state index >= 15 is 0 Å². The number of rotatable bonds is 2. The number of aliphatic hydroxyl groups is 1. The molecule has 2 aromatic rings. The number of carbonyl (C=O) groups excluding carboxylic acids is 1. The Morgan fingerprint density at radius 2 is 1.96 bits per heavy atom. The van der Waals surface area contributed by atoms with Crippen molar-refractivity contribution in [1.29, 1.82) is 5.26 Å². The van der Waals surface area contributed by atoms with Gasteiger partial charge >= 0.3 is 11.1 Å². The van der Waals surface area contributed by atoms with E-state index in [1.54, 1.807) is 26.8 Å². The minimum Gasteiger partial charge on any atom is -0.510 e. The summed E-state index contributed by atoms with van der Waals surface area (Å²) in [6.07, 6.45) is 0. The van der Waals surface area contributed by atoms with Gasteiger partial charge in [-0.25, -0.2) is 4.57 Å². The largest absolute Gasteiger partial charge is 0.510 e. The Kier molecular flexibility index (Phi) is 4.50. The van der Waals surface area contributed by atoms with Gasteiger partial charge in [0.1, 0.15) is 11.8 Å². The third-order valence-corrected chi connectivity index (χ3v) is 3.55. The highest BCUT2D eigenvalue weighted by molar-refractivity contribution is 6.03. The smallest absolute Gasteiger partial charge is 0.323 e. The van der Waals surface area contributed by atoms with Crippen molar-refractivity contribution >= 4 is 22.6 Å². The number of hydrogen-bond acceptors (Lipinski definition) is 7. The maximum atomic E-state index is 12.7. The van der Waals surface area contributed by atoms with Gasteiger partial charge in [0.2, 0.25) is 0 Å². The standard InChI is InChI=1S/C16H14N4O6/c1-16(2,3)12(21)9(7-17)14(23)19-11-5-4-8(20(25)26)6-10(11)18-13(22)15(19)24/h4-6,21H,1-3H3,(H,18,22). The normalized spacial score (nSPS) is 12.4. The number of H-pyrrole nitrogens is 1. The number of aliphatic hydroxyl groups excluding tert-OH is 1. The summed E-state index contributed by atoms with van der Waals surface area (Å²) in [7, 11) is 0. The molecular weight excluding hydrogens is 344 g/mol. The van der Waals surface area contributed by atoms with Gasteiger partial charge in [0.25, 0.3) is 11.6 Å². The van der Waals surface area contributed by atoms with Crippen LogP contribution in [-0.4, -0.2) is 25.5 Å². The number of hydrogen-bond donors (Lipinski definition) is 2. The number of allylic oxidation sites excluding steroid dienone is 2. The first kappa shape index (κ1) is 18.6. The lowest BCUT2D eigenvalue weighted by Crippen LogP contribution is -2.40. The van der Waals surface area contributed by atoms with Crippen molar-refractivity contribution in [3.8, 4) is 6.07 Å². The van der Waals surface area contributed by atoms with Crippen LogP contribution in [0.15, 0.2) is 39.1 Å². The Morgan fingerprint density at radius 1 is 1.35 bits per heavy atom. The van der Waals surface area contributed by atoms with Crippen LogP contribution in [0, 0.1) is 26.9 Å². The molecular formula is C16H14N4O6. The van der Waals surface area contributed by atoms with Crippen molar-refractivity contribution in [2.24, 2.45) is 5.41 Å². The lowest BCUT2D eigenvalue weighted by Gasteiger charge is -2.18. The third kappa shape index (κ3) is 3.10. The predicted molar refractivity (Wildman–Crippen MR) is 90.8 cm³/mol. The fourth-order valence-corrected chi connectivity index (χ4v) is 2.21. The minimum atomic E-state index is -1.27. The molecule has 10 nitrogen and oxygen atoms in total. The second-order valence-electron chi connectivity index (χ2n) is 6.44. The number of nitrogens with zero attached hydrogens (tertiary/aromatic N) is 3. The van der Waals surface area contributed by atoms with E-state index in [2.05, 4.69) is 4.98 Å². The Labute approximate surface area is 145 Å². The van der Waals surface area contributed by atoms with Gasteiger partial charge in [-0.05, 0) is 6.07 Å². The highest BCUT2D eigenvalue weighted by atomic mass is 16.6. The number of fused-ring (bicyclic) bond motifs is 1. The lowest BCUT2D eigenvalue weighted by molar-refractivity contribution is -0.384. The van der Waals surface area contributed by atoms with Gasteiger partial charge in [-0.3, -0.25) is 24.5 Å². The zero-order valence-electron chi connectivity index (χ0n) is 14.1. The molecule has 26 heavy (non-hydrogen) atoms. The number of carbonyl (C=O) groups is 1. The van der Waals surface area contributed by atoms with Crippen LogP contribution in [0.5, 0.6) is 0 Å². The van der Waals surface area contributed by atoms with Gasteiger partial charge < -0.3 is 10.1 Å². The summed E-state index contributed by atoms with van der Waals surface area (Å²) >= 11 is 0. The van der Waals surface area contributed by atoms with Crippen LogP contribution >= 0.6 is 0 Å². The molecule has 10 heteroatoms. The number of nitrogens with one attached hydrogen (secondary N) is 1. The molecule has 0 unspecified atom stereocenters. The Hall–Kier alpha value is -3.74. The molecule has 0 aliphatic heterocycles. The van der Waals surface area contributed by atoms with Crippen LogP contribution < -0.4 is 11.1 Å². The molecule has 0 bridgehead atoms. The van der Waals surface area contributed by atoms with Crippen LogP contribution in [0.3, 0.4) is 0 Å². The average Bonchev–Trinajstić information content (AvgIpc) is 2.55. The Morgan fingerprint density at radius 3 is 2.46 bits per heavy atom. The molecule has 0 atom stereocenters. The van der Waals surface area contributed by atoms with Crippen molar-refractivity contribution in [2.75, 3.05) is 0 Å². The minimum absolute atomic E-state index is 0.135. The first-order valence-corrected chi connectivity index (χ1v) is 7.31. The van der Waals surface area contributed by atoms with Crippen LogP contribution in [0.25, 0.3) is 11.0 Å². The number of nitro groups is 1. The van der Waals surface area contributed by atoms with Gasteiger partial charge in [-0.15, -0.1) is 0 Å². The number of aromatic amines is 1. The van der Waals surface area contributed by atoms with Crippen LogP contribution in [0.4, 0.5) is 5.69 Å². The maximum absolute atomic E-state index is 12.7. The van der Waals surface area contributed by atoms with Crippen LogP contribution in [0.1, 0.15) is 25.6 Å². The van der Waals surface area contributed by atoms with Crippen LogP contribution in [0.2, 0.25) is 0 Å². The molecule has 0 saturated carbocycles. The molecule has 0 aliphatic rings. The maximum Gasteiger partial charge on any atom is 0.323 e. The fourth-order valence-electron chi connectivity index (χ4n) is 2.21. The predicted octanol–water partition coefficient (Wildman–Crippen LogP) is 1.62. The fraction of sp³-hybridized carbons (Fsp3) is 0.250. The molecule has 1 aromatic heterocycles. The number of aromatic nitrogens is 2. The monoisotopic (exact) mass is 358 g/mol. The second-order valence-corrected chi connectivity index (χ2v) is 6.44. The van der Waals surface area contributed by atoms with Gasteiger partial charge in [0.05, 0.1) is 16.0 Å². The Bertz CT molecular complexity index is 1120. The van der Waals surface area contributed by atoms with Crippen molar-refractivity contribution in [3.63, 3.8) is 0 Å². The third-order valence-electron chi connectivity index (χ3n) is 3.55. The van der Waals surface area contributed by atoms with E-state index in [1.165, 1.54) is 0 Å². The van der Waals surface area contributed by atoms with Crippen molar-refractivity contribution in [2.45, 2.75) is 20.8 Å². The Balaban J connectivity index is 2.89. The lowest BCUT2D eigenvalue weighted by atomic mass is 9.90. The summed E-state index contributed by atoms with van der Waals surface area (Å²) in [4.78, 5) is 49.1. The van der Waals surface area contributed by atoms with Gasteiger partial charge in [0, 0.05) is 17.5 Å². The summed E-state index contributed by atoms with van der Waals surface area (Å²) in [5.41, 5.74) is -4.77. The van der Waals surface area contributed by atoms with Gasteiger partial charge in [0.15, 0.2) is 5.57 Å². The zero-order chi connectivity index (χ0) is 19.8. The first-order valence-electron chi connectivity index (χ1n) is 7.31. The molecule has 134 valence electrons. The second kappa shape index (κ2) is 6.29. The summed E-state index contributed by atoms with van der Waals surface area (Å²) in [5, 5.41) is 30.3. The van der Waals surface area contributed by atoms with Crippen molar-refractivity contribution < 1.29 is 14.8 Å². The molecule has 0 amide bonds. The van der Waals surface area contributed by atoms with E-state index in [-0.39, 0.29) is 16.7 Å². The molecule has 2 rings (SSSR count). The number of non-ortho nitro benzene ring substituents is 1. The molecule has 0 spiro atoms. The summed E-state index contributed by atoms with van der Waals surface area (Å²) in [5.74, 6) is -1.75. The topological polar surface area (TPSA) is 159 Å². The molecule has 1 aromatic carbocycles. The molecule has 0 fully saturated rings. The van der Waals surface area contributed by atoms with E-state index in [9.17, 15) is 34.9 Å². The van der Waals surface area contributed by atoms with E-state index in [0.717, 1.165) is 18.2 Å². The SMILES string of the molecule is CC(C)(C)C(O)=C(C#N)C(=O)n1c(=O)c(=O)[nH]c2cc([N+](=O)[O-])ccc21. The van der Waals surface area contributed by atoms with E-state index in [0.29, 0.717) is 4.57 Å². The average molecular weight is 358 g/mol. The highest BCUT2D eigenvalue weighted by Gasteiger charge is 2.28. The molecule has 0 aliphatic carbocycles. The molecule has 2 N–H and O–H groups in total. The number of nitriles is 1. The van der Waals surface area contributed by atoms with Crippen molar-refractivity contribution in [1.82, 2.24) is 9.55 Å². The van der Waals surface area contributed by atoms with Gasteiger partial charge in [-0.2, -0.15) is 5.26 Å². The number of benzene rings is 1. The molecule has 0 radical (unpaired) electrons. The van der Waals surface area contributed by atoms with E-state index in [4.69, 9.17) is 0 Å². The van der Waals surface area contributed by atoms with Crippen LogP contribution in [-0.2, 0) is 0 Å². The van der Waals surface area contributed by atoms with E-state index in [1.807, 2.05) is 0 Å². The summed E-state index contributed by atoms with van der Waals surface area (Å²) in [6, 6.07) is 4.68. The molecule has 0 saturated heterocycles. The zero-order valence-corrected chi connectivity index (χ0v) is 14.1. The first-order chi connectivity index (χ1) is 12.0. The van der Waals surface area contributed by atoms with E-state index < -0.39 is 38.7 Å². The van der Waals surface area contributed by atoms with Crippen molar-refractivity contribution in [3.05, 3.63) is 60.4 Å². The quantitative estimate of drug-likeness (QED) is 0.206. The highest BCUT2D eigenvalue weighted by Crippen LogP contribution is 2.26. The summed E-state index contributed by atoms with van der Waals surface area (Å²) in [6.45, 7) is 4.65.